The van der Waals surface area contributed by atoms with Gasteiger partial charge in [0.15, 0.2) is 4.34 Å². The molecule has 1 aromatic carbocycles. The number of benzene rings is 1. The molecule has 20 heavy (non-hydrogen) atoms. The van der Waals surface area contributed by atoms with E-state index < -0.39 is 0 Å². The van der Waals surface area contributed by atoms with Crippen molar-refractivity contribution in [2.45, 2.75) is 29.4 Å². The standard InChI is InChI=1S/C13H13N5S2/c1-9(2)18-12(15-16-17-18)20-13-14-11(8-19-13)10-6-4-3-5-7-10/h3-9H,1-2H3. The summed E-state index contributed by atoms with van der Waals surface area (Å²) in [7, 11) is 0. The quantitative estimate of drug-likeness (QED) is 0.738. The lowest BCUT2D eigenvalue weighted by Gasteiger charge is -2.05. The molecule has 0 unspecified atom stereocenters. The molecular formula is C13H13N5S2. The van der Waals surface area contributed by atoms with Crippen molar-refractivity contribution >= 4 is 23.1 Å². The highest BCUT2D eigenvalue weighted by molar-refractivity contribution is 8.00. The maximum Gasteiger partial charge on any atom is 0.216 e. The molecule has 2 aromatic heterocycles. The molecule has 0 fully saturated rings. The number of aromatic nitrogens is 5. The third kappa shape index (κ3) is 2.73. The molecule has 0 bridgehead atoms. The highest BCUT2D eigenvalue weighted by atomic mass is 32.2. The second-order valence-corrected chi connectivity index (χ2v) is 6.54. The van der Waals surface area contributed by atoms with Crippen LogP contribution < -0.4 is 0 Å². The van der Waals surface area contributed by atoms with Gasteiger partial charge in [-0.15, -0.1) is 16.4 Å². The lowest BCUT2D eigenvalue weighted by Crippen LogP contribution is -2.04. The number of nitrogens with zero attached hydrogens (tertiary/aromatic N) is 5. The van der Waals surface area contributed by atoms with E-state index in [2.05, 4.69) is 51.9 Å². The van der Waals surface area contributed by atoms with Crippen molar-refractivity contribution in [3.05, 3.63) is 35.7 Å². The van der Waals surface area contributed by atoms with E-state index >= 15 is 0 Å². The summed E-state index contributed by atoms with van der Waals surface area (Å²) in [5.74, 6) is 0. The van der Waals surface area contributed by atoms with Gasteiger partial charge < -0.3 is 0 Å². The van der Waals surface area contributed by atoms with Crippen LogP contribution in [0.3, 0.4) is 0 Å². The molecule has 0 atom stereocenters. The van der Waals surface area contributed by atoms with Gasteiger partial charge in [-0.05, 0) is 36.0 Å². The number of hydrogen-bond donors (Lipinski definition) is 0. The average molecular weight is 303 g/mol. The van der Waals surface area contributed by atoms with E-state index in [-0.39, 0.29) is 6.04 Å². The maximum absolute atomic E-state index is 4.63. The van der Waals surface area contributed by atoms with Crippen LogP contribution in [0.5, 0.6) is 0 Å². The molecule has 0 saturated carbocycles. The normalized spacial score (nSPS) is 11.2. The molecular weight excluding hydrogens is 290 g/mol. The zero-order valence-corrected chi connectivity index (χ0v) is 12.7. The van der Waals surface area contributed by atoms with Crippen LogP contribution in [0, 0.1) is 0 Å². The second-order valence-electron chi connectivity index (χ2n) is 4.47. The monoisotopic (exact) mass is 303 g/mol. The summed E-state index contributed by atoms with van der Waals surface area (Å²) in [6, 6.07) is 10.4. The van der Waals surface area contributed by atoms with Crippen molar-refractivity contribution in [3.8, 4) is 11.3 Å². The van der Waals surface area contributed by atoms with E-state index in [1.165, 1.54) is 11.8 Å². The third-order valence-corrected chi connectivity index (χ3v) is 4.57. The summed E-state index contributed by atoms with van der Waals surface area (Å²) >= 11 is 3.10. The molecule has 0 amide bonds. The number of hydrogen-bond acceptors (Lipinski definition) is 6. The first-order valence-corrected chi connectivity index (χ1v) is 7.90. The first kappa shape index (κ1) is 13.3. The summed E-state index contributed by atoms with van der Waals surface area (Å²) < 4.78 is 2.74. The Labute approximate surface area is 125 Å². The predicted molar refractivity (Wildman–Crippen MR) is 79.9 cm³/mol. The van der Waals surface area contributed by atoms with Crippen molar-refractivity contribution in [3.63, 3.8) is 0 Å². The molecule has 0 saturated heterocycles. The van der Waals surface area contributed by atoms with E-state index in [1.54, 1.807) is 16.0 Å². The zero-order valence-electron chi connectivity index (χ0n) is 11.1. The van der Waals surface area contributed by atoms with Gasteiger partial charge >= 0.3 is 0 Å². The Bertz CT molecular complexity index is 690. The summed E-state index contributed by atoms with van der Waals surface area (Å²) in [6.07, 6.45) is 0. The van der Waals surface area contributed by atoms with Crippen LogP contribution in [0.15, 0.2) is 45.2 Å². The second kappa shape index (κ2) is 5.72. The molecule has 7 heteroatoms. The van der Waals surface area contributed by atoms with Gasteiger partial charge in [0.2, 0.25) is 5.16 Å². The first-order chi connectivity index (χ1) is 9.74. The van der Waals surface area contributed by atoms with Gasteiger partial charge in [-0.25, -0.2) is 9.67 Å². The predicted octanol–water partition coefficient (Wildman–Crippen LogP) is 3.53. The molecule has 0 aliphatic heterocycles. The number of tetrazole rings is 1. The lowest BCUT2D eigenvalue weighted by atomic mass is 10.2. The van der Waals surface area contributed by atoms with Crippen LogP contribution in [-0.2, 0) is 0 Å². The topological polar surface area (TPSA) is 56.5 Å². The van der Waals surface area contributed by atoms with E-state index in [0.717, 1.165) is 20.8 Å². The van der Waals surface area contributed by atoms with E-state index in [1.807, 2.05) is 18.2 Å². The SMILES string of the molecule is CC(C)n1nnnc1Sc1nc(-c2ccccc2)cs1. The van der Waals surface area contributed by atoms with Crippen molar-refractivity contribution in [2.24, 2.45) is 0 Å². The van der Waals surface area contributed by atoms with Crippen LogP contribution in [0.1, 0.15) is 19.9 Å². The van der Waals surface area contributed by atoms with E-state index in [4.69, 9.17) is 0 Å². The van der Waals surface area contributed by atoms with Gasteiger partial charge in [0.25, 0.3) is 0 Å². The summed E-state index contributed by atoms with van der Waals surface area (Å²) in [6.45, 7) is 4.11. The maximum atomic E-state index is 4.63. The van der Waals surface area contributed by atoms with E-state index in [0.29, 0.717) is 0 Å². The minimum absolute atomic E-state index is 0.237. The molecule has 0 spiro atoms. The fourth-order valence-electron chi connectivity index (χ4n) is 1.70. The Balaban J connectivity index is 1.83. The van der Waals surface area contributed by atoms with Gasteiger partial charge in [0.1, 0.15) is 0 Å². The number of thiazole rings is 1. The molecule has 0 radical (unpaired) electrons. The van der Waals surface area contributed by atoms with Gasteiger partial charge in [-0.2, -0.15) is 0 Å². The van der Waals surface area contributed by atoms with Crippen LogP contribution in [0.4, 0.5) is 0 Å². The smallest absolute Gasteiger partial charge is 0.216 e. The molecule has 3 rings (SSSR count). The molecule has 0 N–H and O–H groups in total. The summed E-state index contributed by atoms with van der Waals surface area (Å²) in [5, 5.41) is 14.6. The average Bonchev–Trinajstić information content (AvgIpc) is 3.09. The molecule has 0 aliphatic carbocycles. The Kier molecular flexibility index (Phi) is 3.79. The number of rotatable bonds is 4. The largest absolute Gasteiger partial charge is 0.229 e. The van der Waals surface area contributed by atoms with Crippen LogP contribution in [-0.4, -0.2) is 25.2 Å². The van der Waals surface area contributed by atoms with Gasteiger partial charge in [-0.3, -0.25) is 0 Å². The van der Waals surface area contributed by atoms with Crippen molar-refractivity contribution < 1.29 is 0 Å². The van der Waals surface area contributed by atoms with Crippen molar-refractivity contribution in [1.29, 1.82) is 0 Å². The first-order valence-electron chi connectivity index (χ1n) is 6.20. The molecule has 2 heterocycles. The van der Waals surface area contributed by atoms with Crippen molar-refractivity contribution in [2.75, 3.05) is 0 Å². The van der Waals surface area contributed by atoms with E-state index in [9.17, 15) is 0 Å². The van der Waals surface area contributed by atoms with Gasteiger partial charge in [-0.1, -0.05) is 30.3 Å². The molecule has 102 valence electrons. The Morgan fingerprint density at radius 1 is 1.20 bits per heavy atom. The molecule has 5 nitrogen and oxygen atoms in total. The molecule has 3 aromatic rings. The van der Waals surface area contributed by atoms with Crippen LogP contribution in [0.2, 0.25) is 0 Å². The lowest BCUT2D eigenvalue weighted by molar-refractivity contribution is 0.477. The third-order valence-electron chi connectivity index (χ3n) is 2.68. The van der Waals surface area contributed by atoms with Crippen LogP contribution >= 0.6 is 23.1 Å². The minimum Gasteiger partial charge on any atom is -0.229 e. The van der Waals surface area contributed by atoms with Crippen LogP contribution in [0.25, 0.3) is 11.3 Å². The fourth-order valence-corrected chi connectivity index (χ4v) is 3.53. The highest BCUT2D eigenvalue weighted by Gasteiger charge is 2.13. The highest BCUT2D eigenvalue weighted by Crippen LogP contribution is 2.32. The van der Waals surface area contributed by atoms with Gasteiger partial charge in [0.05, 0.1) is 11.7 Å². The Hall–Kier alpha value is -1.73. The zero-order chi connectivity index (χ0) is 13.9. The molecule has 0 aliphatic rings. The van der Waals surface area contributed by atoms with Gasteiger partial charge in [0, 0.05) is 10.9 Å². The Morgan fingerprint density at radius 2 is 2.00 bits per heavy atom. The summed E-state index contributed by atoms with van der Waals surface area (Å²) in [5.41, 5.74) is 2.11. The minimum atomic E-state index is 0.237. The van der Waals surface area contributed by atoms with Crippen molar-refractivity contribution in [1.82, 2.24) is 25.2 Å². The Morgan fingerprint density at radius 3 is 2.75 bits per heavy atom. The fraction of sp³-hybridized carbons (Fsp3) is 0.231. The summed E-state index contributed by atoms with van der Waals surface area (Å²) in [4.78, 5) is 4.63.